The zero-order valence-corrected chi connectivity index (χ0v) is 11.2. The highest BCUT2D eigenvalue weighted by Crippen LogP contribution is 2.17. The van der Waals surface area contributed by atoms with Gasteiger partial charge in [-0.2, -0.15) is 0 Å². The van der Waals surface area contributed by atoms with Crippen LogP contribution in [-0.4, -0.2) is 17.8 Å². The molecule has 0 bridgehead atoms. The summed E-state index contributed by atoms with van der Waals surface area (Å²) in [5, 5.41) is 3.80. The average Bonchev–Trinajstić information content (AvgIpc) is 2.48. The highest BCUT2D eigenvalue weighted by Gasteiger charge is 2.20. The molecule has 5 nitrogen and oxygen atoms in total. The minimum atomic E-state index is -0.740. The maximum Gasteiger partial charge on any atom is 0.328 e. The van der Waals surface area contributed by atoms with Crippen LogP contribution in [0.5, 0.6) is 0 Å². The van der Waals surface area contributed by atoms with E-state index >= 15 is 0 Å². The molecule has 1 aliphatic heterocycles. The molecule has 1 saturated heterocycles. The van der Waals surface area contributed by atoms with Crippen molar-refractivity contribution < 1.29 is 14.4 Å². The van der Waals surface area contributed by atoms with Crippen LogP contribution in [0, 0.1) is 0 Å². The Kier molecular flexibility index (Phi) is 4.82. The van der Waals surface area contributed by atoms with Crippen molar-refractivity contribution in [2.75, 3.05) is 0 Å². The maximum atomic E-state index is 10.3. The molecule has 1 heterocycles. The van der Waals surface area contributed by atoms with Crippen molar-refractivity contribution in [2.45, 2.75) is 6.42 Å². The van der Waals surface area contributed by atoms with Crippen LogP contribution >= 0.6 is 0 Å². The number of hydrogen-bond acceptors (Lipinski definition) is 3. The van der Waals surface area contributed by atoms with Crippen LogP contribution in [0.3, 0.4) is 0 Å². The minimum absolute atomic E-state index is 0.258. The predicted octanol–water partition coefficient (Wildman–Crippen LogP) is 2.10. The summed E-state index contributed by atoms with van der Waals surface area (Å²) in [7, 11) is 0. The quantitative estimate of drug-likeness (QED) is 0.786. The van der Waals surface area contributed by atoms with Gasteiger partial charge in [0, 0.05) is 0 Å². The molecular weight excluding hydrogens is 268 g/mol. The number of nitrogens with one attached hydrogen (secondary N) is 2. The molecule has 3 rings (SSSR count). The molecule has 2 aromatic rings. The first kappa shape index (κ1) is 14.5. The average molecular weight is 282 g/mol. The van der Waals surface area contributed by atoms with Crippen molar-refractivity contribution in [2.24, 2.45) is 0 Å². The van der Waals surface area contributed by atoms with E-state index in [2.05, 4.69) is 48.5 Å². The van der Waals surface area contributed by atoms with E-state index in [0.29, 0.717) is 0 Å². The molecule has 0 unspecified atom stereocenters. The molecule has 1 aliphatic rings. The van der Waals surface area contributed by atoms with Gasteiger partial charge in [0.1, 0.15) is 6.42 Å². The Balaban J connectivity index is 0.000000161. The zero-order valence-electron chi connectivity index (χ0n) is 11.2. The summed E-state index contributed by atoms with van der Waals surface area (Å²) in [6.07, 6.45) is -0.258. The summed E-state index contributed by atoms with van der Waals surface area (Å²) in [6, 6.07) is 20.0. The minimum Gasteiger partial charge on any atom is -0.277 e. The second kappa shape index (κ2) is 7.00. The van der Waals surface area contributed by atoms with Crippen LogP contribution in [0.2, 0.25) is 0 Å². The Morgan fingerprint density at radius 3 is 1.33 bits per heavy atom. The number of imide groups is 2. The van der Waals surface area contributed by atoms with E-state index in [9.17, 15) is 14.4 Å². The summed E-state index contributed by atoms with van der Waals surface area (Å²) < 4.78 is 0. The van der Waals surface area contributed by atoms with E-state index in [-0.39, 0.29) is 6.42 Å². The first-order chi connectivity index (χ1) is 10.1. The van der Waals surface area contributed by atoms with Gasteiger partial charge >= 0.3 is 6.03 Å². The maximum absolute atomic E-state index is 10.3. The molecule has 2 aromatic carbocycles. The Morgan fingerprint density at radius 1 is 0.619 bits per heavy atom. The Labute approximate surface area is 122 Å². The number of rotatable bonds is 1. The molecule has 2 N–H and O–H groups in total. The number of benzene rings is 2. The van der Waals surface area contributed by atoms with Gasteiger partial charge in [0.05, 0.1) is 0 Å². The third kappa shape index (κ3) is 4.58. The second-order valence-corrected chi connectivity index (χ2v) is 4.33. The van der Waals surface area contributed by atoms with Gasteiger partial charge in [-0.25, -0.2) is 4.79 Å². The molecule has 106 valence electrons. The fraction of sp³-hybridized carbons (Fsp3) is 0.0625. The monoisotopic (exact) mass is 282 g/mol. The molecular formula is C16H14N2O3. The van der Waals surface area contributed by atoms with E-state index < -0.39 is 17.8 Å². The van der Waals surface area contributed by atoms with Gasteiger partial charge in [-0.05, 0) is 11.1 Å². The van der Waals surface area contributed by atoms with Crippen molar-refractivity contribution >= 4 is 17.8 Å². The zero-order chi connectivity index (χ0) is 15.1. The smallest absolute Gasteiger partial charge is 0.277 e. The number of carbonyl (C=O) groups is 3. The Morgan fingerprint density at radius 2 is 1.00 bits per heavy atom. The summed E-state index contributed by atoms with van der Waals surface area (Å²) in [5.41, 5.74) is 2.55. The van der Waals surface area contributed by atoms with Gasteiger partial charge in [-0.15, -0.1) is 0 Å². The van der Waals surface area contributed by atoms with Crippen molar-refractivity contribution in [1.82, 2.24) is 10.6 Å². The lowest BCUT2D eigenvalue weighted by molar-refractivity contribution is -0.129. The highest BCUT2D eigenvalue weighted by molar-refractivity contribution is 6.14. The highest BCUT2D eigenvalue weighted by atomic mass is 16.2. The summed E-state index contributed by atoms with van der Waals surface area (Å²) >= 11 is 0. The second-order valence-electron chi connectivity index (χ2n) is 4.33. The molecule has 1 fully saturated rings. The third-order valence-corrected chi connectivity index (χ3v) is 2.71. The molecule has 5 heteroatoms. The summed E-state index contributed by atoms with van der Waals surface area (Å²) in [5.74, 6) is -1.10. The van der Waals surface area contributed by atoms with E-state index in [1.807, 2.05) is 22.8 Å². The number of carbonyl (C=O) groups excluding carboxylic acids is 3. The Hall–Kier alpha value is -2.95. The van der Waals surface area contributed by atoms with Crippen molar-refractivity contribution in [3.63, 3.8) is 0 Å². The van der Waals surface area contributed by atoms with Crippen LogP contribution in [0.15, 0.2) is 60.7 Å². The number of amides is 4. The van der Waals surface area contributed by atoms with Crippen LogP contribution in [0.25, 0.3) is 11.1 Å². The van der Waals surface area contributed by atoms with E-state index in [0.717, 1.165) is 0 Å². The van der Waals surface area contributed by atoms with Gasteiger partial charge in [-0.1, -0.05) is 60.7 Å². The van der Waals surface area contributed by atoms with Crippen molar-refractivity contribution in [3.05, 3.63) is 60.7 Å². The number of barbiturate groups is 1. The standard InChI is InChI=1S/C12H10.C4H4N2O3/c1-3-7-11(8-4-1)12-9-5-2-6-10-12;7-2-1-3(8)6-4(9)5-2/h1-10H;1H2,(H2,5,6,7,8,9). The molecule has 0 radical (unpaired) electrons. The molecule has 0 saturated carbocycles. The topological polar surface area (TPSA) is 75.3 Å². The SMILES string of the molecule is O=C1CC(=O)NC(=O)N1.c1ccc(-c2ccccc2)cc1. The van der Waals surface area contributed by atoms with Gasteiger partial charge < -0.3 is 0 Å². The van der Waals surface area contributed by atoms with Gasteiger partial charge in [-0.3, -0.25) is 20.2 Å². The van der Waals surface area contributed by atoms with Gasteiger partial charge in [0.2, 0.25) is 11.8 Å². The Bertz CT molecular complexity index is 556. The molecule has 0 spiro atoms. The molecule has 21 heavy (non-hydrogen) atoms. The molecule has 4 amide bonds. The van der Waals surface area contributed by atoms with Crippen LogP contribution in [0.1, 0.15) is 6.42 Å². The normalized spacial score (nSPS) is 13.6. The largest absolute Gasteiger partial charge is 0.328 e. The van der Waals surface area contributed by atoms with Crippen LogP contribution in [0.4, 0.5) is 4.79 Å². The molecule has 0 aromatic heterocycles. The fourth-order valence-electron chi connectivity index (χ4n) is 1.78. The number of hydrogen-bond donors (Lipinski definition) is 2. The van der Waals surface area contributed by atoms with E-state index in [1.54, 1.807) is 0 Å². The first-order valence-corrected chi connectivity index (χ1v) is 6.39. The fourth-order valence-corrected chi connectivity index (χ4v) is 1.78. The molecule has 0 atom stereocenters. The predicted molar refractivity (Wildman–Crippen MR) is 78.2 cm³/mol. The molecule has 0 aliphatic carbocycles. The summed E-state index contributed by atoms with van der Waals surface area (Å²) in [6.45, 7) is 0. The van der Waals surface area contributed by atoms with Gasteiger partial charge in [0.25, 0.3) is 0 Å². The van der Waals surface area contributed by atoms with Crippen molar-refractivity contribution in [3.8, 4) is 11.1 Å². The van der Waals surface area contributed by atoms with Crippen LogP contribution < -0.4 is 10.6 Å². The number of urea groups is 1. The van der Waals surface area contributed by atoms with E-state index in [4.69, 9.17) is 0 Å². The van der Waals surface area contributed by atoms with Crippen molar-refractivity contribution in [1.29, 1.82) is 0 Å². The lowest BCUT2D eigenvalue weighted by Gasteiger charge is -2.09. The van der Waals surface area contributed by atoms with E-state index in [1.165, 1.54) is 11.1 Å². The lowest BCUT2D eigenvalue weighted by Crippen LogP contribution is -2.49. The summed E-state index contributed by atoms with van der Waals surface area (Å²) in [4.78, 5) is 30.8. The third-order valence-electron chi connectivity index (χ3n) is 2.71. The first-order valence-electron chi connectivity index (χ1n) is 6.39. The van der Waals surface area contributed by atoms with Crippen LogP contribution in [-0.2, 0) is 9.59 Å². The van der Waals surface area contributed by atoms with Gasteiger partial charge in [0.15, 0.2) is 0 Å². The lowest BCUT2D eigenvalue weighted by atomic mass is 10.1.